The van der Waals surface area contributed by atoms with E-state index in [2.05, 4.69) is 36.7 Å². The molecule has 2 heteroatoms. The Morgan fingerprint density at radius 1 is 1.47 bits per heavy atom. The molecule has 1 atom stereocenters. The fourth-order valence-electron chi connectivity index (χ4n) is 2.82. The van der Waals surface area contributed by atoms with Crippen molar-refractivity contribution in [3.05, 3.63) is 22.4 Å². The van der Waals surface area contributed by atoms with Crippen molar-refractivity contribution in [2.75, 3.05) is 6.54 Å². The highest BCUT2D eigenvalue weighted by atomic mass is 32.1. The maximum Gasteiger partial charge on any atom is 0.0469 e. The standard InChI is InChI=1S/C13H21NS/c1-3-14-12(11-7-6-10-15-11)13(2)8-4-5-9-13/h6-7,10,12,14H,3-5,8-9H2,1-2H3. The second-order valence-electron chi connectivity index (χ2n) is 4.87. The van der Waals surface area contributed by atoms with E-state index in [4.69, 9.17) is 0 Å². The minimum absolute atomic E-state index is 0.487. The Bertz CT molecular complexity index is 285. The molecule has 1 fully saturated rings. The lowest BCUT2D eigenvalue weighted by molar-refractivity contribution is 0.229. The predicted octanol–water partition coefficient (Wildman–Crippen LogP) is 3.98. The summed E-state index contributed by atoms with van der Waals surface area (Å²) in [5.74, 6) is 0. The van der Waals surface area contributed by atoms with Gasteiger partial charge in [0.1, 0.15) is 0 Å². The Morgan fingerprint density at radius 2 is 2.20 bits per heavy atom. The largest absolute Gasteiger partial charge is 0.309 e. The maximum atomic E-state index is 3.68. The van der Waals surface area contributed by atoms with Gasteiger partial charge in [-0.15, -0.1) is 11.3 Å². The zero-order valence-corrected chi connectivity index (χ0v) is 10.6. The van der Waals surface area contributed by atoms with Crippen molar-refractivity contribution in [3.8, 4) is 0 Å². The number of nitrogens with one attached hydrogen (secondary N) is 1. The average Bonchev–Trinajstić information content (AvgIpc) is 2.85. The van der Waals surface area contributed by atoms with E-state index in [1.807, 2.05) is 11.3 Å². The molecule has 0 spiro atoms. The summed E-state index contributed by atoms with van der Waals surface area (Å²) >= 11 is 1.89. The van der Waals surface area contributed by atoms with Crippen LogP contribution in [0.3, 0.4) is 0 Å². The van der Waals surface area contributed by atoms with Gasteiger partial charge in [-0.3, -0.25) is 0 Å². The minimum Gasteiger partial charge on any atom is -0.309 e. The van der Waals surface area contributed by atoms with Crippen molar-refractivity contribution in [3.63, 3.8) is 0 Å². The molecule has 15 heavy (non-hydrogen) atoms. The average molecular weight is 223 g/mol. The minimum atomic E-state index is 0.487. The van der Waals surface area contributed by atoms with Crippen LogP contribution in [-0.2, 0) is 0 Å². The second kappa shape index (κ2) is 4.67. The van der Waals surface area contributed by atoms with Crippen molar-refractivity contribution >= 4 is 11.3 Å². The molecule has 1 aliphatic rings. The highest BCUT2D eigenvalue weighted by Crippen LogP contribution is 2.47. The first-order valence-electron chi connectivity index (χ1n) is 6.03. The molecule has 1 nitrogen and oxygen atoms in total. The Morgan fingerprint density at radius 3 is 2.73 bits per heavy atom. The first-order valence-corrected chi connectivity index (χ1v) is 6.91. The van der Waals surface area contributed by atoms with Crippen molar-refractivity contribution in [2.24, 2.45) is 5.41 Å². The van der Waals surface area contributed by atoms with Crippen LogP contribution in [-0.4, -0.2) is 6.54 Å². The van der Waals surface area contributed by atoms with Gasteiger partial charge in [-0.2, -0.15) is 0 Å². The summed E-state index contributed by atoms with van der Waals surface area (Å²) in [6.07, 6.45) is 5.57. The van der Waals surface area contributed by atoms with Crippen LogP contribution in [0.2, 0.25) is 0 Å². The van der Waals surface area contributed by atoms with Crippen LogP contribution in [0.25, 0.3) is 0 Å². The van der Waals surface area contributed by atoms with Gasteiger partial charge in [0.15, 0.2) is 0 Å². The Kier molecular flexibility index (Phi) is 3.47. The monoisotopic (exact) mass is 223 g/mol. The lowest BCUT2D eigenvalue weighted by atomic mass is 9.80. The zero-order valence-electron chi connectivity index (χ0n) is 9.75. The van der Waals surface area contributed by atoms with Crippen LogP contribution in [0.5, 0.6) is 0 Å². The number of thiophene rings is 1. The van der Waals surface area contributed by atoms with Crippen LogP contribution >= 0.6 is 11.3 Å². The molecule has 1 aromatic heterocycles. The molecule has 1 heterocycles. The van der Waals surface area contributed by atoms with Crippen LogP contribution in [0.1, 0.15) is 50.4 Å². The summed E-state index contributed by atoms with van der Waals surface area (Å²) in [6, 6.07) is 5.02. The third-order valence-corrected chi connectivity index (χ3v) is 4.62. The Balaban J connectivity index is 2.19. The van der Waals surface area contributed by atoms with Gasteiger partial charge in [0.05, 0.1) is 0 Å². The van der Waals surface area contributed by atoms with Crippen molar-refractivity contribution in [2.45, 2.75) is 45.6 Å². The van der Waals surface area contributed by atoms with Gasteiger partial charge in [0, 0.05) is 10.9 Å². The molecule has 1 aromatic rings. The molecule has 0 amide bonds. The van der Waals surface area contributed by atoms with Gasteiger partial charge < -0.3 is 5.32 Å². The molecule has 84 valence electrons. The molecule has 0 saturated heterocycles. The summed E-state index contributed by atoms with van der Waals surface area (Å²) in [4.78, 5) is 1.52. The molecule has 0 bridgehead atoms. The Hall–Kier alpha value is -0.340. The molecular weight excluding hydrogens is 202 g/mol. The summed E-state index contributed by atoms with van der Waals surface area (Å²) in [6.45, 7) is 5.73. The first kappa shape index (κ1) is 11.2. The van der Waals surface area contributed by atoms with E-state index in [1.54, 1.807) is 0 Å². The lowest BCUT2D eigenvalue weighted by Gasteiger charge is -2.34. The fraction of sp³-hybridized carbons (Fsp3) is 0.692. The number of hydrogen-bond acceptors (Lipinski definition) is 2. The van der Waals surface area contributed by atoms with Crippen LogP contribution in [0.4, 0.5) is 0 Å². The highest BCUT2D eigenvalue weighted by molar-refractivity contribution is 7.10. The number of rotatable bonds is 4. The maximum absolute atomic E-state index is 3.68. The van der Waals surface area contributed by atoms with E-state index in [0.717, 1.165) is 6.54 Å². The third-order valence-electron chi connectivity index (χ3n) is 3.68. The predicted molar refractivity (Wildman–Crippen MR) is 67.3 cm³/mol. The van der Waals surface area contributed by atoms with E-state index in [-0.39, 0.29) is 0 Å². The van der Waals surface area contributed by atoms with Crippen molar-refractivity contribution in [1.82, 2.24) is 5.32 Å². The molecule has 0 aliphatic heterocycles. The molecule has 1 unspecified atom stereocenters. The molecular formula is C13H21NS. The topological polar surface area (TPSA) is 12.0 Å². The van der Waals surface area contributed by atoms with Gasteiger partial charge >= 0.3 is 0 Å². The summed E-state index contributed by atoms with van der Waals surface area (Å²) < 4.78 is 0. The molecule has 1 N–H and O–H groups in total. The van der Waals surface area contributed by atoms with Gasteiger partial charge in [-0.1, -0.05) is 32.8 Å². The molecule has 1 saturated carbocycles. The molecule has 1 aliphatic carbocycles. The molecule has 0 aromatic carbocycles. The quantitative estimate of drug-likeness (QED) is 0.814. The highest BCUT2D eigenvalue weighted by Gasteiger charge is 2.37. The van der Waals surface area contributed by atoms with Crippen LogP contribution in [0, 0.1) is 5.41 Å². The Labute approximate surface area is 96.9 Å². The van der Waals surface area contributed by atoms with E-state index in [1.165, 1.54) is 30.6 Å². The smallest absolute Gasteiger partial charge is 0.0469 e. The van der Waals surface area contributed by atoms with E-state index in [9.17, 15) is 0 Å². The second-order valence-corrected chi connectivity index (χ2v) is 5.85. The summed E-state index contributed by atoms with van der Waals surface area (Å²) in [7, 11) is 0. The number of hydrogen-bond donors (Lipinski definition) is 1. The van der Waals surface area contributed by atoms with Crippen molar-refractivity contribution < 1.29 is 0 Å². The van der Waals surface area contributed by atoms with Gasteiger partial charge in [0.2, 0.25) is 0 Å². The first-order chi connectivity index (χ1) is 7.26. The van der Waals surface area contributed by atoms with E-state index < -0.39 is 0 Å². The van der Waals surface area contributed by atoms with Crippen LogP contribution < -0.4 is 5.32 Å². The SMILES string of the molecule is CCNC(c1cccs1)C1(C)CCCC1. The summed E-state index contributed by atoms with van der Waals surface area (Å²) in [5.41, 5.74) is 0.487. The lowest BCUT2D eigenvalue weighted by Crippen LogP contribution is -2.33. The zero-order chi connectivity index (χ0) is 10.7. The van der Waals surface area contributed by atoms with Gasteiger partial charge in [-0.05, 0) is 36.2 Å². The van der Waals surface area contributed by atoms with Gasteiger partial charge in [0.25, 0.3) is 0 Å². The van der Waals surface area contributed by atoms with E-state index >= 15 is 0 Å². The summed E-state index contributed by atoms with van der Waals surface area (Å²) in [5, 5.41) is 5.87. The van der Waals surface area contributed by atoms with Crippen molar-refractivity contribution in [1.29, 1.82) is 0 Å². The van der Waals surface area contributed by atoms with Crippen LogP contribution in [0.15, 0.2) is 17.5 Å². The van der Waals surface area contributed by atoms with Gasteiger partial charge in [-0.25, -0.2) is 0 Å². The third kappa shape index (κ3) is 2.26. The molecule has 0 radical (unpaired) electrons. The molecule has 2 rings (SSSR count). The normalized spacial score (nSPS) is 21.7. The van der Waals surface area contributed by atoms with E-state index in [0.29, 0.717) is 11.5 Å². The fourth-order valence-corrected chi connectivity index (χ4v) is 3.80.